The van der Waals surface area contributed by atoms with Crippen LogP contribution < -0.4 is 4.74 Å². The molecule has 0 atom stereocenters. The highest BCUT2D eigenvalue weighted by Crippen LogP contribution is 2.32. The molecule has 4 aromatic heterocycles. The lowest BCUT2D eigenvalue weighted by Gasteiger charge is -2.23. The fraction of sp³-hybridized carbons (Fsp3) is 0.250. The molecular formula is C32H28FN5O. The smallest absolute Gasteiger partial charge is 0.138 e. The van der Waals surface area contributed by atoms with E-state index in [4.69, 9.17) is 14.7 Å². The Kier molecular flexibility index (Phi) is 6.11. The fourth-order valence-electron chi connectivity index (χ4n) is 5.70. The summed E-state index contributed by atoms with van der Waals surface area (Å²) in [6, 6.07) is 14.7. The molecule has 1 aromatic carbocycles. The van der Waals surface area contributed by atoms with Crippen LogP contribution in [0.3, 0.4) is 0 Å². The molecule has 194 valence electrons. The van der Waals surface area contributed by atoms with Crippen LogP contribution in [0.4, 0.5) is 4.39 Å². The molecule has 0 radical (unpaired) electrons. The van der Waals surface area contributed by atoms with Gasteiger partial charge in [0.2, 0.25) is 0 Å². The van der Waals surface area contributed by atoms with Crippen LogP contribution in [0, 0.1) is 5.82 Å². The number of benzene rings is 1. The number of aromatic amines is 1. The van der Waals surface area contributed by atoms with Crippen molar-refractivity contribution < 1.29 is 9.13 Å². The van der Waals surface area contributed by atoms with E-state index in [2.05, 4.69) is 27.1 Å². The number of fused-ring (bicyclic) bond motifs is 2. The van der Waals surface area contributed by atoms with Crippen molar-refractivity contribution in [2.75, 3.05) is 6.54 Å². The van der Waals surface area contributed by atoms with Crippen molar-refractivity contribution in [3.63, 3.8) is 0 Å². The van der Waals surface area contributed by atoms with Crippen LogP contribution in [0.15, 0.2) is 78.3 Å². The van der Waals surface area contributed by atoms with Crippen molar-refractivity contribution in [1.82, 2.24) is 19.9 Å². The molecule has 39 heavy (non-hydrogen) atoms. The lowest BCUT2D eigenvalue weighted by molar-refractivity contribution is 0.154. The molecule has 1 fully saturated rings. The highest BCUT2D eigenvalue weighted by atomic mass is 19.1. The largest absolute Gasteiger partial charge is 0.489 e. The van der Waals surface area contributed by atoms with Gasteiger partial charge < -0.3 is 9.72 Å². The second kappa shape index (κ2) is 10.1. The van der Waals surface area contributed by atoms with Gasteiger partial charge in [-0.05, 0) is 85.2 Å². The molecule has 1 aliphatic heterocycles. The maximum atomic E-state index is 13.5. The third kappa shape index (κ3) is 4.69. The number of nitrogens with zero attached hydrogens (tertiary/aromatic N) is 4. The van der Waals surface area contributed by atoms with Gasteiger partial charge in [0.05, 0.1) is 29.4 Å². The Labute approximate surface area is 226 Å². The van der Waals surface area contributed by atoms with Gasteiger partial charge in [0.1, 0.15) is 17.2 Å². The van der Waals surface area contributed by atoms with E-state index in [0.29, 0.717) is 6.54 Å². The Bertz CT molecular complexity index is 1690. The number of pyridine rings is 3. The number of hydrogen-bond acceptors (Lipinski definition) is 5. The van der Waals surface area contributed by atoms with Crippen LogP contribution in [0.5, 0.6) is 5.75 Å². The van der Waals surface area contributed by atoms with Gasteiger partial charge >= 0.3 is 0 Å². The Hall–Kier alpha value is -4.39. The van der Waals surface area contributed by atoms with Gasteiger partial charge in [-0.1, -0.05) is 18.6 Å². The summed E-state index contributed by atoms with van der Waals surface area (Å²) in [4.78, 5) is 22.2. The summed E-state index contributed by atoms with van der Waals surface area (Å²) in [5.41, 5.74) is 8.48. The van der Waals surface area contributed by atoms with Gasteiger partial charge in [0.25, 0.3) is 0 Å². The minimum Gasteiger partial charge on any atom is -0.489 e. The maximum Gasteiger partial charge on any atom is 0.138 e. The number of H-pyrrole nitrogens is 1. The normalized spacial score (nSPS) is 15.7. The van der Waals surface area contributed by atoms with E-state index in [9.17, 15) is 4.39 Å². The van der Waals surface area contributed by atoms with Gasteiger partial charge in [0.15, 0.2) is 0 Å². The number of nitrogens with one attached hydrogen (secondary N) is 1. The van der Waals surface area contributed by atoms with Crippen molar-refractivity contribution in [2.45, 2.75) is 44.6 Å². The Balaban J connectivity index is 1.23. The molecule has 1 aliphatic carbocycles. The molecule has 1 N–H and O–H groups in total. The van der Waals surface area contributed by atoms with Gasteiger partial charge in [-0.25, -0.2) is 9.37 Å². The van der Waals surface area contributed by atoms with Crippen molar-refractivity contribution in [2.24, 2.45) is 4.99 Å². The van der Waals surface area contributed by atoms with Crippen LogP contribution in [-0.4, -0.2) is 38.3 Å². The Morgan fingerprint density at radius 3 is 2.59 bits per heavy atom. The molecule has 1 saturated carbocycles. The summed E-state index contributed by atoms with van der Waals surface area (Å²) < 4.78 is 19.8. The maximum absolute atomic E-state index is 13.5. The molecule has 5 heterocycles. The highest BCUT2D eigenvalue weighted by molar-refractivity contribution is 6.16. The average Bonchev–Trinajstić information content (AvgIpc) is 3.42. The second-order valence-electron chi connectivity index (χ2n) is 10.3. The summed E-state index contributed by atoms with van der Waals surface area (Å²) in [5.74, 6) is 0.542. The molecule has 0 amide bonds. The summed E-state index contributed by atoms with van der Waals surface area (Å²) >= 11 is 0. The minimum absolute atomic E-state index is 0.252. The molecular weight excluding hydrogens is 489 g/mol. The molecule has 0 saturated heterocycles. The predicted octanol–water partition coefficient (Wildman–Crippen LogP) is 6.93. The zero-order valence-electron chi connectivity index (χ0n) is 21.5. The quantitative estimate of drug-likeness (QED) is 0.274. The molecule has 2 aliphatic rings. The first-order valence-corrected chi connectivity index (χ1v) is 13.6. The van der Waals surface area contributed by atoms with Crippen molar-refractivity contribution in [3.8, 4) is 28.1 Å². The predicted molar refractivity (Wildman–Crippen MR) is 151 cm³/mol. The van der Waals surface area contributed by atoms with Crippen molar-refractivity contribution in [3.05, 3.63) is 96.0 Å². The van der Waals surface area contributed by atoms with Crippen LogP contribution >= 0.6 is 0 Å². The number of halogens is 1. The third-order valence-corrected chi connectivity index (χ3v) is 7.70. The summed E-state index contributed by atoms with van der Waals surface area (Å²) in [6.07, 6.45) is 14.4. The molecule has 5 aromatic rings. The van der Waals surface area contributed by atoms with E-state index < -0.39 is 0 Å². The first-order chi connectivity index (χ1) is 19.2. The summed E-state index contributed by atoms with van der Waals surface area (Å²) in [6.45, 7) is 0.698. The number of hydrogen-bond donors (Lipinski definition) is 1. The fourth-order valence-corrected chi connectivity index (χ4v) is 5.70. The SMILES string of the molecule is Fc1ccc(-c2ccnc3[nH]c(C4=NCCc5cnc(-c6cncc(OC7CCCCC7)c6)cc54)cc23)cc1. The summed E-state index contributed by atoms with van der Waals surface area (Å²) in [5, 5.41) is 0.972. The van der Waals surface area contributed by atoms with E-state index in [1.165, 1.54) is 31.4 Å². The first kappa shape index (κ1) is 23.7. The molecule has 0 unspecified atom stereocenters. The number of aromatic nitrogens is 4. The lowest BCUT2D eigenvalue weighted by atomic mass is 9.95. The average molecular weight is 518 g/mol. The molecule has 0 bridgehead atoms. The number of aliphatic imine (C=N–C) groups is 1. The monoisotopic (exact) mass is 517 g/mol. The van der Waals surface area contributed by atoms with E-state index in [-0.39, 0.29) is 11.9 Å². The second-order valence-corrected chi connectivity index (χ2v) is 10.3. The molecule has 0 spiro atoms. The zero-order chi connectivity index (χ0) is 26.2. The van der Waals surface area contributed by atoms with Crippen molar-refractivity contribution in [1.29, 1.82) is 0 Å². The number of ether oxygens (including phenoxy) is 1. The van der Waals surface area contributed by atoms with E-state index >= 15 is 0 Å². The first-order valence-electron chi connectivity index (χ1n) is 13.6. The van der Waals surface area contributed by atoms with Crippen molar-refractivity contribution >= 4 is 16.7 Å². The topological polar surface area (TPSA) is 76.0 Å². The zero-order valence-corrected chi connectivity index (χ0v) is 21.5. The lowest BCUT2D eigenvalue weighted by Crippen LogP contribution is -2.19. The number of rotatable bonds is 5. The molecule has 6 nitrogen and oxygen atoms in total. The van der Waals surface area contributed by atoms with Gasteiger partial charge in [-0.2, -0.15) is 0 Å². The van der Waals surface area contributed by atoms with E-state index in [1.807, 2.05) is 24.5 Å². The Morgan fingerprint density at radius 2 is 1.72 bits per heavy atom. The Morgan fingerprint density at radius 1 is 0.846 bits per heavy atom. The van der Waals surface area contributed by atoms with Crippen LogP contribution in [0.2, 0.25) is 0 Å². The summed E-state index contributed by atoms with van der Waals surface area (Å²) in [7, 11) is 0. The van der Waals surface area contributed by atoms with E-state index in [1.54, 1.807) is 24.5 Å². The van der Waals surface area contributed by atoms with Crippen LogP contribution in [0.1, 0.15) is 48.9 Å². The van der Waals surface area contributed by atoms with Crippen LogP contribution in [0.25, 0.3) is 33.4 Å². The van der Waals surface area contributed by atoms with Gasteiger partial charge in [0, 0.05) is 41.6 Å². The molecule has 7 heteroatoms. The minimum atomic E-state index is -0.252. The standard InChI is InChI=1S/C32H28FN5O/c33-23-8-6-20(7-9-23)26-11-13-36-32-28(26)16-30(38-32)31-27-15-29(37-18-21(27)10-12-35-31)22-14-25(19-34-17-22)39-24-4-2-1-3-5-24/h6-9,11,13-19,24H,1-5,10,12H2,(H,36,38). The third-order valence-electron chi connectivity index (χ3n) is 7.70. The molecule has 7 rings (SSSR count). The van der Waals surface area contributed by atoms with Gasteiger partial charge in [-0.3, -0.25) is 15.0 Å². The van der Waals surface area contributed by atoms with E-state index in [0.717, 1.165) is 81.0 Å². The van der Waals surface area contributed by atoms with Gasteiger partial charge in [-0.15, -0.1) is 0 Å². The van der Waals surface area contributed by atoms with Crippen LogP contribution in [-0.2, 0) is 6.42 Å². The highest BCUT2D eigenvalue weighted by Gasteiger charge is 2.21.